The molecule has 1 atom stereocenters. The predicted octanol–water partition coefficient (Wildman–Crippen LogP) is 1.89. The van der Waals surface area contributed by atoms with Crippen molar-refractivity contribution < 1.29 is 5.11 Å². The number of halogens is 1. The minimum atomic E-state index is -0.389. The van der Waals surface area contributed by atoms with Crippen LogP contribution >= 0.6 is 22.9 Å². The maximum Gasteiger partial charge on any atom is 0.0723 e. The molecule has 0 saturated carbocycles. The lowest BCUT2D eigenvalue weighted by molar-refractivity contribution is 0.199. The summed E-state index contributed by atoms with van der Waals surface area (Å²) in [6, 6.07) is 3.97. The summed E-state index contributed by atoms with van der Waals surface area (Å²) in [5.41, 5.74) is 0. The molecule has 0 aliphatic rings. The van der Waals surface area contributed by atoms with E-state index in [1.165, 1.54) is 4.88 Å². The van der Waals surface area contributed by atoms with Crippen molar-refractivity contribution >= 4 is 22.9 Å². The van der Waals surface area contributed by atoms with Crippen LogP contribution in [0.25, 0.3) is 0 Å². The molecule has 1 N–H and O–H groups in total. The Morgan fingerprint density at radius 2 is 2.50 bits per heavy atom. The highest BCUT2D eigenvalue weighted by molar-refractivity contribution is 7.09. The van der Waals surface area contributed by atoms with Gasteiger partial charge in [-0.05, 0) is 11.4 Å². The molecular formula is C7H9ClOS. The summed E-state index contributed by atoms with van der Waals surface area (Å²) in [4.78, 5) is 1.19. The Labute approximate surface area is 69.3 Å². The van der Waals surface area contributed by atoms with Crippen LogP contribution in [0.3, 0.4) is 0 Å². The molecule has 0 spiro atoms. The van der Waals surface area contributed by atoms with Gasteiger partial charge in [-0.15, -0.1) is 22.9 Å². The SMILES string of the molecule is OC(CCl)Cc1cccs1. The Bertz CT molecular complexity index is 174. The quantitative estimate of drug-likeness (QED) is 0.698. The Balaban J connectivity index is 2.40. The molecular weight excluding hydrogens is 168 g/mol. The number of hydrogen-bond acceptors (Lipinski definition) is 2. The third-order valence-electron chi connectivity index (χ3n) is 1.20. The van der Waals surface area contributed by atoms with Crippen molar-refractivity contribution in [1.29, 1.82) is 0 Å². The number of aliphatic hydroxyl groups is 1. The molecule has 0 radical (unpaired) electrons. The highest BCUT2D eigenvalue weighted by Gasteiger charge is 2.02. The number of rotatable bonds is 3. The molecule has 56 valence electrons. The fraction of sp³-hybridized carbons (Fsp3) is 0.429. The molecule has 0 aliphatic heterocycles. The monoisotopic (exact) mass is 176 g/mol. The van der Waals surface area contributed by atoms with Crippen LogP contribution in [-0.2, 0) is 6.42 Å². The molecule has 0 fully saturated rings. The first-order valence-electron chi connectivity index (χ1n) is 3.09. The van der Waals surface area contributed by atoms with Gasteiger partial charge in [0.25, 0.3) is 0 Å². The molecule has 3 heteroatoms. The van der Waals surface area contributed by atoms with Crippen molar-refractivity contribution in [3.8, 4) is 0 Å². The van der Waals surface area contributed by atoms with E-state index in [-0.39, 0.29) is 6.10 Å². The fourth-order valence-corrected chi connectivity index (χ4v) is 1.60. The summed E-state index contributed by atoms with van der Waals surface area (Å²) >= 11 is 7.07. The van der Waals surface area contributed by atoms with Gasteiger partial charge in [-0.2, -0.15) is 0 Å². The van der Waals surface area contributed by atoms with Gasteiger partial charge in [-0.25, -0.2) is 0 Å². The summed E-state index contributed by atoms with van der Waals surface area (Å²) in [5.74, 6) is 0.317. The smallest absolute Gasteiger partial charge is 0.0723 e. The number of thiophene rings is 1. The molecule has 1 aromatic rings. The summed E-state index contributed by atoms with van der Waals surface area (Å²) in [5, 5.41) is 11.1. The van der Waals surface area contributed by atoms with Crippen LogP contribution in [0.5, 0.6) is 0 Å². The molecule has 1 nitrogen and oxygen atoms in total. The molecule has 0 amide bonds. The zero-order valence-electron chi connectivity index (χ0n) is 5.46. The van der Waals surface area contributed by atoms with Gasteiger partial charge in [0.05, 0.1) is 6.10 Å². The lowest BCUT2D eigenvalue weighted by Crippen LogP contribution is -2.10. The maximum atomic E-state index is 9.10. The molecule has 0 aromatic carbocycles. The average Bonchev–Trinajstić information content (AvgIpc) is 2.40. The molecule has 1 unspecified atom stereocenters. The Kier molecular flexibility index (Phi) is 3.19. The summed E-state index contributed by atoms with van der Waals surface area (Å²) in [6.07, 6.45) is 0.293. The number of aliphatic hydroxyl groups excluding tert-OH is 1. The van der Waals surface area contributed by atoms with E-state index in [0.29, 0.717) is 12.3 Å². The molecule has 0 bridgehead atoms. The third kappa shape index (κ3) is 2.29. The number of hydrogen-bond donors (Lipinski definition) is 1. The van der Waals surface area contributed by atoms with E-state index in [0.717, 1.165) is 0 Å². The van der Waals surface area contributed by atoms with Gasteiger partial charge in [0.15, 0.2) is 0 Å². The molecule has 0 aliphatic carbocycles. The summed E-state index contributed by atoms with van der Waals surface area (Å²) in [6.45, 7) is 0. The van der Waals surface area contributed by atoms with Crippen molar-refractivity contribution in [3.05, 3.63) is 22.4 Å². The molecule has 1 aromatic heterocycles. The number of alkyl halides is 1. The summed E-state index contributed by atoms with van der Waals surface area (Å²) in [7, 11) is 0. The van der Waals surface area contributed by atoms with Gasteiger partial charge >= 0.3 is 0 Å². The van der Waals surface area contributed by atoms with E-state index < -0.39 is 0 Å². The first-order chi connectivity index (χ1) is 4.83. The first kappa shape index (κ1) is 8.05. The van der Waals surface area contributed by atoms with Gasteiger partial charge < -0.3 is 5.11 Å². The second-order valence-electron chi connectivity index (χ2n) is 2.09. The van der Waals surface area contributed by atoms with Crippen LogP contribution in [0.4, 0.5) is 0 Å². The van der Waals surface area contributed by atoms with E-state index >= 15 is 0 Å². The van der Waals surface area contributed by atoms with Gasteiger partial charge in [0.2, 0.25) is 0 Å². The lowest BCUT2D eigenvalue weighted by atomic mass is 10.2. The highest BCUT2D eigenvalue weighted by Crippen LogP contribution is 2.11. The largest absolute Gasteiger partial charge is 0.392 e. The van der Waals surface area contributed by atoms with Crippen molar-refractivity contribution in [3.63, 3.8) is 0 Å². The minimum Gasteiger partial charge on any atom is -0.392 e. The summed E-state index contributed by atoms with van der Waals surface area (Å²) < 4.78 is 0. The van der Waals surface area contributed by atoms with Crippen LogP contribution in [0, 0.1) is 0 Å². The van der Waals surface area contributed by atoms with Crippen LogP contribution in [0.15, 0.2) is 17.5 Å². The van der Waals surface area contributed by atoms with Gasteiger partial charge in [-0.1, -0.05) is 6.07 Å². The van der Waals surface area contributed by atoms with E-state index in [1.54, 1.807) is 11.3 Å². The maximum absolute atomic E-state index is 9.10. The second kappa shape index (κ2) is 3.96. The second-order valence-corrected chi connectivity index (χ2v) is 3.43. The van der Waals surface area contributed by atoms with Crippen molar-refractivity contribution in [2.75, 3.05) is 5.88 Å². The van der Waals surface area contributed by atoms with Crippen LogP contribution < -0.4 is 0 Å². The zero-order valence-corrected chi connectivity index (χ0v) is 7.03. The fourth-order valence-electron chi connectivity index (χ4n) is 0.716. The van der Waals surface area contributed by atoms with Gasteiger partial charge in [-0.3, -0.25) is 0 Å². The van der Waals surface area contributed by atoms with Gasteiger partial charge in [0.1, 0.15) is 0 Å². The van der Waals surface area contributed by atoms with E-state index in [9.17, 15) is 0 Å². The third-order valence-corrected chi connectivity index (χ3v) is 2.45. The van der Waals surface area contributed by atoms with Crippen LogP contribution in [-0.4, -0.2) is 17.1 Å². The van der Waals surface area contributed by atoms with Crippen LogP contribution in [0.1, 0.15) is 4.88 Å². The normalized spacial score (nSPS) is 13.4. The van der Waals surface area contributed by atoms with E-state index in [1.807, 2.05) is 17.5 Å². The van der Waals surface area contributed by atoms with Crippen molar-refractivity contribution in [2.45, 2.75) is 12.5 Å². The van der Waals surface area contributed by atoms with E-state index in [2.05, 4.69) is 0 Å². The first-order valence-corrected chi connectivity index (χ1v) is 4.50. The molecule has 0 saturated heterocycles. The molecule has 10 heavy (non-hydrogen) atoms. The van der Waals surface area contributed by atoms with E-state index in [4.69, 9.17) is 16.7 Å². The van der Waals surface area contributed by atoms with Gasteiger partial charge in [0, 0.05) is 17.2 Å². The van der Waals surface area contributed by atoms with Crippen molar-refractivity contribution in [2.24, 2.45) is 0 Å². The lowest BCUT2D eigenvalue weighted by Gasteiger charge is -2.02. The Hall–Kier alpha value is -0.0500. The topological polar surface area (TPSA) is 20.2 Å². The zero-order chi connectivity index (χ0) is 7.40. The highest BCUT2D eigenvalue weighted by atomic mass is 35.5. The molecule has 1 rings (SSSR count). The molecule has 1 heterocycles. The Morgan fingerprint density at radius 1 is 1.70 bits per heavy atom. The van der Waals surface area contributed by atoms with Crippen LogP contribution in [0.2, 0.25) is 0 Å². The minimum absolute atomic E-state index is 0.317. The Morgan fingerprint density at radius 3 is 3.00 bits per heavy atom. The average molecular weight is 177 g/mol. The van der Waals surface area contributed by atoms with Crippen molar-refractivity contribution in [1.82, 2.24) is 0 Å². The predicted molar refractivity (Wildman–Crippen MR) is 44.7 cm³/mol. The standard InChI is InChI=1S/C7H9ClOS/c8-5-6(9)4-7-2-1-3-10-7/h1-3,6,9H,4-5H2.